The molecule has 2 unspecified atom stereocenters. The number of rotatable bonds is 6. The highest BCUT2D eigenvalue weighted by atomic mass is 35.5. The van der Waals surface area contributed by atoms with E-state index in [1.54, 1.807) is 0 Å². The molecule has 0 aromatic heterocycles. The number of carbonyl (C=O) groups excluding carboxylic acids is 1. The van der Waals surface area contributed by atoms with Gasteiger partial charge in [0.05, 0.1) is 16.4 Å². The summed E-state index contributed by atoms with van der Waals surface area (Å²) in [6.07, 6.45) is 0.986. The zero-order valence-electron chi connectivity index (χ0n) is 11.4. The maximum absolute atomic E-state index is 11.8. The average Bonchev–Trinajstić information content (AvgIpc) is 2.39. The van der Waals surface area contributed by atoms with Crippen molar-refractivity contribution in [3.05, 3.63) is 22.2 Å². The summed E-state index contributed by atoms with van der Waals surface area (Å²) >= 11 is 11.8. The highest BCUT2D eigenvalue weighted by Gasteiger charge is 2.14. The summed E-state index contributed by atoms with van der Waals surface area (Å²) in [6.45, 7) is 3.87. The third-order valence-corrected chi connectivity index (χ3v) is 5.26. The predicted molar refractivity (Wildman–Crippen MR) is 86.9 cm³/mol. The first-order valence-corrected chi connectivity index (χ1v) is 8.40. The third kappa shape index (κ3) is 4.96. The van der Waals surface area contributed by atoms with Gasteiger partial charge < -0.3 is 11.1 Å². The van der Waals surface area contributed by atoms with Crippen LogP contribution in [-0.4, -0.2) is 21.1 Å². The Morgan fingerprint density at radius 1 is 1.45 bits per heavy atom. The van der Waals surface area contributed by atoms with E-state index in [4.69, 9.17) is 28.9 Å². The van der Waals surface area contributed by atoms with E-state index in [9.17, 15) is 9.00 Å². The molecule has 0 bridgehead atoms. The average molecular weight is 337 g/mol. The van der Waals surface area contributed by atoms with Crippen molar-refractivity contribution in [2.45, 2.75) is 31.9 Å². The van der Waals surface area contributed by atoms with Crippen LogP contribution in [0.5, 0.6) is 0 Å². The van der Waals surface area contributed by atoms with Crippen molar-refractivity contribution in [2.24, 2.45) is 0 Å². The minimum atomic E-state index is -1.00. The molecule has 1 aromatic carbocycles. The molecule has 0 spiro atoms. The monoisotopic (exact) mass is 336 g/mol. The summed E-state index contributed by atoms with van der Waals surface area (Å²) in [6, 6.07) is 3.02. The largest absolute Gasteiger partial charge is 0.397 e. The molecule has 0 fully saturated rings. The summed E-state index contributed by atoms with van der Waals surface area (Å²) in [7, 11) is -1.00. The minimum absolute atomic E-state index is 0.0898. The van der Waals surface area contributed by atoms with E-state index < -0.39 is 10.8 Å². The molecule has 0 aliphatic heterocycles. The van der Waals surface area contributed by atoms with E-state index in [0.717, 1.165) is 6.42 Å². The van der Waals surface area contributed by atoms with Crippen LogP contribution in [0.3, 0.4) is 0 Å². The van der Waals surface area contributed by atoms with Gasteiger partial charge in [0.15, 0.2) is 0 Å². The number of amides is 1. The second-order valence-corrected chi connectivity index (χ2v) is 7.27. The molecule has 3 N–H and O–H groups in total. The summed E-state index contributed by atoms with van der Waals surface area (Å²) < 4.78 is 11.8. The Morgan fingerprint density at radius 3 is 2.65 bits per heavy atom. The van der Waals surface area contributed by atoms with Gasteiger partial charge in [-0.05, 0) is 18.6 Å². The number of hydrogen-bond acceptors (Lipinski definition) is 3. The van der Waals surface area contributed by atoms with E-state index in [2.05, 4.69) is 5.32 Å². The highest BCUT2D eigenvalue weighted by molar-refractivity contribution is 7.85. The summed E-state index contributed by atoms with van der Waals surface area (Å²) in [5, 5.41) is 3.41. The molecule has 0 heterocycles. The normalized spacial score (nSPS) is 13.8. The van der Waals surface area contributed by atoms with Crippen molar-refractivity contribution in [1.29, 1.82) is 0 Å². The highest BCUT2D eigenvalue weighted by Crippen LogP contribution is 2.32. The lowest BCUT2D eigenvalue weighted by Gasteiger charge is -2.12. The molecule has 1 rings (SSSR count). The first-order valence-electron chi connectivity index (χ1n) is 6.26. The number of nitrogens with two attached hydrogens (primary N) is 1. The molecule has 0 aliphatic carbocycles. The van der Waals surface area contributed by atoms with Crippen LogP contribution >= 0.6 is 23.2 Å². The van der Waals surface area contributed by atoms with Crippen LogP contribution < -0.4 is 11.1 Å². The van der Waals surface area contributed by atoms with Gasteiger partial charge in [-0.15, -0.1) is 0 Å². The molecular weight excluding hydrogens is 319 g/mol. The number of carbonyl (C=O) groups is 1. The Labute approximate surface area is 131 Å². The van der Waals surface area contributed by atoms with Gasteiger partial charge in [0.1, 0.15) is 0 Å². The second-order valence-electron chi connectivity index (χ2n) is 4.45. The van der Waals surface area contributed by atoms with Crippen LogP contribution in [0.4, 0.5) is 11.4 Å². The van der Waals surface area contributed by atoms with Crippen LogP contribution in [0.15, 0.2) is 12.1 Å². The Morgan fingerprint density at radius 2 is 2.10 bits per heavy atom. The van der Waals surface area contributed by atoms with Crippen LogP contribution in [0.1, 0.15) is 26.7 Å². The smallest absolute Gasteiger partial charge is 0.225 e. The molecular formula is C13H18Cl2N2O2S. The summed E-state index contributed by atoms with van der Waals surface area (Å²) in [4.78, 5) is 11.8. The predicted octanol–water partition coefficient (Wildman–Crippen LogP) is 3.45. The standard InChI is InChI=1S/C13H18Cl2N2O2S/c1-3-8(2)20(19)5-4-12(18)17-13-10(15)6-9(14)7-11(13)16/h6-8H,3-5,16H2,1-2H3,(H,17,18). The lowest BCUT2D eigenvalue weighted by atomic mass is 10.2. The minimum Gasteiger partial charge on any atom is -0.397 e. The van der Waals surface area contributed by atoms with Gasteiger partial charge in [0.25, 0.3) is 0 Å². The molecule has 0 aliphatic rings. The van der Waals surface area contributed by atoms with Gasteiger partial charge in [-0.25, -0.2) is 0 Å². The van der Waals surface area contributed by atoms with Crippen molar-refractivity contribution >= 4 is 51.3 Å². The van der Waals surface area contributed by atoms with Gasteiger partial charge >= 0.3 is 0 Å². The topological polar surface area (TPSA) is 72.2 Å². The van der Waals surface area contributed by atoms with Crippen molar-refractivity contribution in [3.63, 3.8) is 0 Å². The Bertz CT molecular complexity index is 500. The maximum atomic E-state index is 11.8. The van der Waals surface area contributed by atoms with E-state index in [0.29, 0.717) is 22.2 Å². The number of nitrogens with one attached hydrogen (secondary N) is 1. The fourth-order valence-corrected chi connectivity index (χ4v) is 3.22. The van der Waals surface area contributed by atoms with Gasteiger partial charge in [0.2, 0.25) is 5.91 Å². The zero-order chi connectivity index (χ0) is 15.3. The fraction of sp³-hybridized carbons (Fsp3) is 0.462. The van der Waals surface area contributed by atoms with Gasteiger partial charge in [-0.3, -0.25) is 9.00 Å². The van der Waals surface area contributed by atoms with Crippen molar-refractivity contribution < 1.29 is 9.00 Å². The van der Waals surface area contributed by atoms with E-state index in [1.807, 2.05) is 13.8 Å². The zero-order valence-corrected chi connectivity index (χ0v) is 13.7. The van der Waals surface area contributed by atoms with E-state index in [1.165, 1.54) is 12.1 Å². The molecule has 0 saturated heterocycles. The molecule has 0 radical (unpaired) electrons. The van der Waals surface area contributed by atoms with Gasteiger partial charge in [-0.1, -0.05) is 37.0 Å². The maximum Gasteiger partial charge on any atom is 0.225 e. The molecule has 20 heavy (non-hydrogen) atoms. The number of halogens is 2. The van der Waals surface area contributed by atoms with Crippen molar-refractivity contribution in [2.75, 3.05) is 16.8 Å². The quantitative estimate of drug-likeness (QED) is 0.781. The number of nitrogen functional groups attached to an aromatic ring is 1. The number of benzene rings is 1. The SMILES string of the molecule is CCC(C)S(=O)CCC(=O)Nc1c(N)cc(Cl)cc1Cl. The molecule has 1 aromatic rings. The molecule has 1 amide bonds. The summed E-state index contributed by atoms with van der Waals surface area (Å²) in [5.74, 6) is 0.0592. The van der Waals surface area contributed by atoms with Crippen LogP contribution in [0.2, 0.25) is 10.0 Å². The summed E-state index contributed by atoms with van der Waals surface area (Å²) in [5.41, 5.74) is 6.40. The first-order chi connectivity index (χ1) is 9.35. The molecule has 0 saturated carbocycles. The molecule has 7 heteroatoms. The van der Waals surface area contributed by atoms with E-state index in [-0.39, 0.29) is 22.6 Å². The van der Waals surface area contributed by atoms with Crippen LogP contribution in [0, 0.1) is 0 Å². The van der Waals surface area contributed by atoms with Gasteiger partial charge in [0, 0.05) is 33.2 Å². The Balaban J connectivity index is 2.62. The Hall–Kier alpha value is -0.780. The second kappa shape index (κ2) is 7.86. The van der Waals surface area contributed by atoms with Crippen molar-refractivity contribution in [1.82, 2.24) is 0 Å². The van der Waals surface area contributed by atoms with Crippen molar-refractivity contribution in [3.8, 4) is 0 Å². The number of hydrogen-bond donors (Lipinski definition) is 2. The van der Waals surface area contributed by atoms with Crippen LogP contribution in [-0.2, 0) is 15.6 Å². The number of anilines is 2. The molecule has 4 nitrogen and oxygen atoms in total. The van der Waals surface area contributed by atoms with Gasteiger partial charge in [-0.2, -0.15) is 0 Å². The Kier molecular flexibility index (Phi) is 6.79. The lowest BCUT2D eigenvalue weighted by Crippen LogP contribution is -2.19. The lowest BCUT2D eigenvalue weighted by molar-refractivity contribution is -0.115. The molecule has 2 atom stereocenters. The fourth-order valence-electron chi connectivity index (χ4n) is 1.51. The molecule has 112 valence electrons. The first kappa shape index (κ1) is 17.3. The third-order valence-electron chi connectivity index (χ3n) is 2.90. The van der Waals surface area contributed by atoms with E-state index >= 15 is 0 Å². The van der Waals surface area contributed by atoms with Crippen LogP contribution in [0.25, 0.3) is 0 Å².